The number of nitrogens with zero attached hydrogens (tertiary/aromatic N) is 3. The smallest absolute Gasteiger partial charge is 0.407 e. The molecule has 1 fully saturated rings. The van der Waals surface area contributed by atoms with E-state index in [2.05, 4.69) is 25.9 Å². The second-order valence-electron chi connectivity index (χ2n) is 8.59. The van der Waals surface area contributed by atoms with Crippen molar-refractivity contribution in [2.45, 2.75) is 64.0 Å². The van der Waals surface area contributed by atoms with Crippen molar-refractivity contribution in [2.75, 3.05) is 5.32 Å². The van der Waals surface area contributed by atoms with Crippen LogP contribution in [0, 0.1) is 0 Å². The number of aromatic amines is 1. The first-order valence-corrected chi connectivity index (χ1v) is 11.1. The van der Waals surface area contributed by atoms with Crippen LogP contribution in [0.5, 0.6) is 0 Å². The van der Waals surface area contributed by atoms with Gasteiger partial charge in [-0.2, -0.15) is 10.2 Å². The first kappa shape index (κ1) is 21.9. The molecule has 3 N–H and O–H groups in total. The summed E-state index contributed by atoms with van der Waals surface area (Å²) in [7, 11) is 1.89. The van der Waals surface area contributed by atoms with Gasteiger partial charge in [0.2, 0.25) is 5.91 Å². The largest absolute Gasteiger partial charge is 0.446 e. The lowest BCUT2D eigenvalue weighted by atomic mass is 10.0. The van der Waals surface area contributed by atoms with Crippen LogP contribution >= 0.6 is 0 Å². The fraction of sp³-hybridized carbons (Fsp3) is 0.478. The maximum absolute atomic E-state index is 12.5. The molecule has 3 aromatic rings. The van der Waals surface area contributed by atoms with E-state index in [9.17, 15) is 9.59 Å². The normalized spacial score (nSPS) is 19.1. The van der Waals surface area contributed by atoms with E-state index in [1.54, 1.807) is 10.9 Å². The second-order valence-corrected chi connectivity index (χ2v) is 8.59. The number of rotatable bonds is 7. The van der Waals surface area contributed by atoms with Crippen LogP contribution in [0.3, 0.4) is 0 Å². The number of carbonyl (C=O) groups excluding carboxylic acids is 2. The van der Waals surface area contributed by atoms with E-state index in [1.165, 1.54) is 0 Å². The number of alkyl carbamates (subject to hydrolysis) is 1. The molecule has 2 aromatic heterocycles. The average molecular weight is 439 g/mol. The van der Waals surface area contributed by atoms with Gasteiger partial charge in [0.15, 0.2) is 5.82 Å². The van der Waals surface area contributed by atoms with Crippen LogP contribution in [0.25, 0.3) is 10.9 Å². The lowest BCUT2D eigenvalue weighted by Gasteiger charge is -2.16. The van der Waals surface area contributed by atoms with E-state index in [0.717, 1.165) is 47.8 Å². The molecule has 2 heterocycles. The molecule has 9 nitrogen and oxygen atoms in total. The molecular formula is C23H30N6O3. The molecule has 0 radical (unpaired) electrons. The summed E-state index contributed by atoms with van der Waals surface area (Å²) in [5.41, 5.74) is 2.90. The number of benzene rings is 1. The van der Waals surface area contributed by atoms with Crippen molar-refractivity contribution in [3.8, 4) is 0 Å². The van der Waals surface area contributed by atoms with Gasteiger partial charge in [-0.05, 0) is 50.3 Å². The standard InChI is InChI=1S/C23H30N6O3/c1-4-14(2)25-23(31)32-18-7-6-16(11-18)19-12-21(28-27-19)26-22(30)10-15-5-8-20-17(9-15)13-24-29(20)3/h5,8-9,12-14,16,18H,4,6-7,10-11H2,1-3H3,(H,25,31)(H2,26,27,28,30)/t14-,16-,18+/m0/s1. The van der Waals surface area contributed by atoms with Crippen LogP contribution in [0.1, 0.15) is 56.7 Å². The summed E-state index contributed by atoms with van der Waals surface area (Å²) >= 11 is 0. The van der Waals surface area contributed by atoms with Gasteiger partial charge in [-0.25, -0.2) is 4.79 Å². The molecule has 9 heteroatoms. The molecule has 0 unspecified atom stereocenters. The number of aromatic nitrogens is 4. The number of anilines is 1. The van der Waals surface area contributed by atoms with Gasteiger partial charge in [0.25, 0.3) is 0 Å². The van der Waals surface area contributed by atoms with Gasteiger partial charge >= 0.3 is 6.09 Å². The first-order chi connectivity index (χ1) is 15.4. The lowest BCUT2D eigenvalue weighted by Crippen LogP contribution is -2.34. The summed E-state index contributed by atoms with van der Waals surface area (Å²) < 4.78 is 7.35. The van der Waals surface area contributed by atoms with Crippen molar-refractivity contribution < 1.29 is 14.3 Å². The van der Waals surface area contributed by atoms with Crippen molar-refractivity contribution in [1.82, 2.24) is 25.3 Å². The summed E-state index contributed by atoms with van der Waals surface area (Å²) in [6.07, 6.45) is 4.93. The van der Waals surface area contributed by atoms with E-state index in [1.807, 2.05) is 45.2 Å². The average Bonchev–Trinajstić information content (AvgIpc) is 3.48. The molecule has 1 aliphatic rings. The molecule has 32 heavy (non-hydrogen) atoms. The number of hydrogen-bond acceptors (Lipinski definition) is 5. The minimum atomic E-state index is -0.355. The van der Waals surface area contributed by atoms with Crippen LogP contribution in [0.15, 0.2) is 30.5 Å². The molecule has 1 saturated carbocycles. The van der Waals surface area contributed by atoms with Gasteiger partial charge in [-0.1, -0.05) is 13.0 Å². The zero-order valence-electron chi connectivity index (χ0n) is 18.7. The second kappa shape index (κ2) is 9.42. The van der Waals surface area contributed by atoms with Crippen molar-refractivity contribution in [3.63, 3.8) is 0 Å². The number of fused-ring (bicyclic) bond motifs is 1. The Hall–Kier alpha value is -3.36. The number of H-pyrrole nitrogens is 1. The molecule has 170 valence electrons. The van der Waals surface area contributed by atoms with Crippen molar-refractivity contribution in [2.24, 2.45) is 7.05 Å². The van der Waals surface area contributed by atoms with Gasteiger partial charge in [-0.15, -0.1) is 0 Å². The Kier molecular flexibility index (Phi) is 6.43. The molecule has 0 aliphatic heterocycles. The lowest BCUT2D eigenvalue weighted by molar-refractivity contribution is -0.115. The third-order valence-corrected chi connectivity index (χ3v) is 6.12. The van der Waals surface area contributed by atoms with Crippen molar-refractivity contribution >= 4 is 28.7 Å². The van der Waals surface area contributed by atoms with Crippen LogP contribution in [-0.4, -0.2) is 44.1 Å². The molecule has 2 amide bonds. The highest BCUT2D eigenvalue weighted by atomic mass is 16.6. The molecule has 3 atom stereocenters. The van der Waals surface area contributed by atoms with Crippen LogP contribution < -0.4 is 10.6 Å². The number of hydrogen-bond donors (Lipinski definition) is 3. The number of nitrogens with one attached hydrogen (secondary N) is 3. The van der Waals surface area contributed by atoms with E-state index in [4.69, 9.17) is 4.74 Å². The van der Waals surface area contributed by atoms with E-state index >= 15 is 0 Å². The third kappa shape index (κ3) is 5.09. The molecule has 0 spiro atoms. The minimum Gasteiger partial charge on any atom is -0.446 e. The maximum atomic E-state index is 12.5. The van der Waals surface area contributed by atoms with Gasteiger partial charge in [-0.3, -0.25) is 14.6 Å². The van der Waals surface area contributed by atoms with Gasteiger partial charge in [0.1, 0.15) is 6.10 Å². The predicted molar refractivity (Wildman–Crippen MR) is 121 cm³/mol. The Morgan fingerprint density at radius 2 is 2.16 bits per heavy atom. The fourth-order valence-electron chi connectivity index (χ4n) is 4.12. The van der Waals surface area contributed by atoms with Crippen LogP contribution in [-0.2, 0) is 23.0 Å². The molecule has 1 aliphatic carbocycles. The summed E-state index contributed by atoms with van der Waals surface area (Å²) in [6.45, 7) is 3.97. The highest BCUT2D eigenvalue weighted by molar-refractivity contribution is 5.92. The van der Waals surface area contributed by atoms with Crippen molar-refractivity contribution in [3.05, 3.63) is 41.7 Å². The van der Waals surface area contributed by atoms with Gasteiger partial charge in [0.05, 0.1) is 18.1 Å². The Bertz CT molecular complexity index is 1100. The molecule has 0 bridgehead atoms. The summed E-state index contributed by atoms with van der Waals surface area (Å²) in [5.74, 6) is 0.606. The topological polar surface area (TPSA) is 114 Å². The molecule has 1 aromatic carbocycles. The molecule has 4 rings (SSSR count). The number of amides is 2. The number of aryl methyl sites for hydroxylation is 1. The van der Waals surface area contributed by atoms with E-state index < -0.39 is 0 Å². The molecular weight excluding hydrogens is 408 g/mol. The zero-order chi connectivity index (χ0) is 22.7. The SMILES string of the molecule is CC[C@H](C)NC(=O)O[C@@H]1CC[C@H](c2cc(NC(=O)Cc3ccc4c(cnn4C)c3)n[nH]2)C1. The summed E-state index contributed by atoms with van der Waals surface area (Å²) in [6, 6.07) is 7.86. The maximum Gasteiger partial charge on any atom is 0.407 e. The fourth-order valence-corrected chi connectivity index (χ4v) is 4.12. The van der Waals surface area contributed by atoms with Gasteiger partial charge in [0, 0.05) is 36.2 Å². The van der Waals surface area contributed by atoms with Crippen LogP contribution in [0.2, 0.25) is 0 Å². The summed E-state index contributed by atoms with van der Waals surface area (Å²) in [4.78, 5) is 24.4. The van der Waals surface area contributed by atoms with Gasteiger partial charge < -0.3 is 15.4 Å². The predicted octanol–water partition coefficient (Wildman–Crippen LogP) is 3.64. The van der Waals surface area contributed by atoms with Crippen molar-refractivity contribution in [1.29, 1.82) is 0 Å². The van der Waals surface area contributed by atoms with Crippen LogP contribution in [0.4, 0.5) is 10.6 Å². The monoisotopic (exact) mass is 438 g/mol. The van der Waals surface area contributed by atoms with E-state index in [-0.39, 0.29) is 36.5 Å². The minimum absolute atomic E-state index is 0.102. The third-order valence-electron chi connectivity index (χ3n) is 6.12. The first-order valence-electron chi connectivity index (χ1n) is 11.1. The highest BCUT2D eigenvalue weighted by Gasteiger charge is 2.30. The molecule has 0 saturated heterocycles. The Labute approximate surface area is 186 Å². The summed E-state index contributed by atoms with van der Waals surface area (Å²) in [5, 5.41) is 18.2. The Morgan fingerprint density at radius 3 is 2.97 bits per heavy atom. The highest BCUT2D eigenvalue weighted by Crippen LogP contribution is 2.35. The van der Waals surface area contributed by atoms with E-state index in [0.29, 0.717) is 5.82 Å². The number of carbonyl (C=O) groups is 2. The zero-order valence-corrected chi connectivity index (χ0v) is 18.7. The Morgan fingerprint density at radius 1 is 1.31 bits per heavy atom. The Balaban J connectivity index is 1.28. The number of ether oxygens (including phenoxy) is 1. The quantitative estimate of drug-likeness (QED) is 0.521.